The predicted octanol–water partition coefficient (Wildman–Crippen LogP) is 9.87. The van der Waals surface area contributed by atoms with Crippen molar-refractivity contribution in [3.05, 3.63) is 202 Å². The Kier molecular flexibility index (Phi) is 16.8. The average Bonchev–Trinajstić information content (AvgIpc) is 4.15. The Morgan fingerprint density at radius 3 is 1.53 bits per heavy atom. The molecule has 0 bridgehead atoms. The minimum Gasteiger partial charge on any atom is -0.505 e. The van der Waals surface area contributed by atoms with Crippen LogP contribution in [0.15, 0.2) is 146 Å². The predicted molar refractivity (Wildman–Crippen MR) is 291 cm³/mol. The molecule has 6 aromatic carbocycles. The summed E-state index contributed by atoms with van der Waals surface area (Å²) in [5, 5.41) is 16.5. The van der Waals surface area contributed by atoms with Crippen LogP contribution in [0, 0.1) is 17.6 Å². The highest BCUT2D eigenvalue weighted by molar-refractivity contribution is 6.10. The molecule has 0 radical (unpaired) electrons. The highest BCUT2D eigenvalue weighted by Crippen LogP contribution is 2.47. The average molecular weight is 1100 g/mol. The van der Waals surface area contributed by atoms with Crippen molar-refractivity contribution in [2.24, 2.45) is 5.92 Å². The lowest BCUT2D eigenvalue weighted by Gasteiger charge is -2.24. The summed E-state index contributed by atoms with van der Waals surface area (Å²) in [4.78, 5) is 89.2. The summed E-state index contributed by atoms with van der Waals surface area (Å²) in [6, 6.07) is 35.6. The van der Waals surface area contributed by atoms with Crippen LogP contribution < -0.4 is 24.8 Å². The van der Waals surface area contributed by atoms with E-state index in [1.54, 1.807) is 73.5 Å². The lowest BCUT2D eigenvalue weighted by molar-refractivity contribution is -0.144. The van der Waals surface area contributed by atoms with E-state index in [2.05, 4.69) is 25.3 Å². The zero-order valence-corrected chi connectivity index (χ0v) is 44.5. The van der Waals surface area contributed by atoms with E-state index in [0.29, 0.717) is 38.5 Å². The number of phenolic OH excluding ortho intramolecular Hbond substituents is 1. The van der Waals surface area contributed by atoms with Gasteiger partial charge in [0.15, 0.2) is 11.5 Å². The third kappa shape index (κ3) is 12.0. The topological polar surface area (TPSA) is 225 Å². The molecule has 8 aromatic rings. The lowest BCUT2D eigenvalue weighted by atomic mass is 9.99. The molecule has 0 spiro atoms. The zero-order valence-electron chi connectivity index (χ0n) is 44.5. The second-order valence-corrected chi connectivity index (χ2v) is 19.3. The maximum Gasteiger partial charge on any atom is 0.413 e. The fourth-order valence-electron chi connectivity index (χ4n) is 9.55. The van der Waals surface area contributed by atoms with Gasteiger partial charge in [0.05, 0.1) is 38.4 Å². The monoisotopic (exact) mass is 1100 g/mol. The smallest absolute Gasteiger partial charge is 0.413 e. The van der Waals surface area contributed by atoms with Gasteiger partial charge in [0.1, 0.15) is 52.4 Å². The van der Waals surface area contributed by atoms with Crippen molar-refractivity contribution in [2.75, 3.05) is 14.2 Å². The first-order valence-corrected chi connectivity index (χ1v) is 25.6. The number of nitrogens with zero attached hydrogens (tertiary/aromatic N) is 4. The molecule has 0 aliphatic carbocycles. The summed E-state index contributed by atoms with van der Waals surface area (Å²) in [7, 11) is 2.44. The van der Waals surface area contributed by atoms with Gasteiger partial charge in [0.2, 0.25) is 0 Å². The van der Waals surface area contributed by atoms with Gasteiger partial charge in [-0.05, 0) is 83.6 Å². The van der Waals surface area contributed by atoms with Crippen molar-refractivity contribution in [3.63, 3.8) is 0 Å². The van der Waals surface area contributed by atoms with Gasteiger partial charge in [-0.3, -0.25) is 19.6 Å². The molecule has 414 valence electrons. The third-order valence-electron chi connectivity index (χ3n) is 13.5. The maximum atomic E-state index is 14.3. The summed E-state index contributed by atoms with van der Waals surface area (Å²) >= 11 is 0. The molecule has 2 atom stereocenters. The van der Waals surface area contributed by atoms with Crippen LogP contribution in [0.4, 0.5) is 18.4 Å². The van der Waals surface area contributed by atoms with E-state index in [-0.39, 0.29) is 83.5 Å². The van der Waals surface area contributed by atoms with Crippen LogP contribution in [-0.4, -0.2) is 87.1 Å². The lowest BCUT2D eigenvalue weighted by Crippen LogP contribution is -2.46. The third-order valence-corrected chi connectivity index (χ3v) is 13.5. The molecule has 3 N–H and O–H groups in total. The van der Waals surface area contributed by atoms with Gasteiger partial charge in [-0.25, -0.2) is 28.0 Å². The summed E-state index contributed by atoms with van der Waals surface area (Å²) < 4.78 is 54.7. The van der Waals surface area contributed by atoms with E-state index in [4.69, 9.17) is 18.9 Å². The van der Waals surface area contributed by atoms with Gasteiger partial charge < -0.3 is 49.2 Å². The summed E-state index contributed by atoms with van der Waals surface area (Å²) in [6.45, 7) is 5.41. The molecular weight excluding hydrogens is 1050 g/mol. The number of phenols is 1. The zero-order chi connectivity index (χ0) is 57.5. The maximum absolute atomic E-state index is 14.3. The standard InChI is InChI=1S/C38H34FN3O6.C23H20FN3O6/c1-23(2)31(37(44)46-3)41-38(45)48-34-28-15-10-20-40-32(28)35(47-33(25-11-6-4-7-12-25)26-13-8-5-9-14-26)30-29(34)22-42(36(30)43)21-24-16-18-27(39)19-17-24;1-12(22(30)32-2)26-23(31)33-20-15-4-3-9-25-18(15)19(28)17-16(20)11-27(21(17)29)10-13-5-7-14(24)8-6-13/h4-20,23,31,33H,21-22H2,1-3H3,(H,41,45);3-9,12,28H,10-11H2,1-2H3,(H,26,31). The van der Waals surface area contributed by atoms with Crippen molar-refractivity contribution in [2.45, 2.75) is 65.1 Å². The Morgan fingerprint density at radius 2 is 1.04 bits per heavy atom. The Labute approximate surface area is 463 Å². The number of esters is 2. The fourth-order valence-corrected chi connectivity index (χ4v) is 9.55. The minimum absolute atomic E-state index is 0.0212. The number of aromatic nitrogens is 2. The number of hydrogen-bond donors (Lipinski definition) is 3. The van der Waals surface area contributed by atoms with E-state index >= 15 is 0 Å². The summed E-state index contributed by atoms with van der Waals surface area (Å²) in [5.41, 5.74) is 4.45. The number of rotatable bonds is 15. The van der Waals surface area contributed by atoms with Gasteiger partial charge in [-0.2, -0.15) is 0 Å². The summed E-state index contributed by atoms with van der Waals surface area (Å²) in [6.07, 6.45) is 0.578. The number of aromatic hydroxyl groups is 1. The highest BCUT2D eigenvalue weighted by atomic mass is 19.1. The second kappa shape index (κ2) is 24.4. The van der Waals surface area contributed by atoms with Crippen molar-refractivity contribution in [1.82, 2.24) is 30.4 Å². The van der Waals surface area contributed by atoms with Crippen LogP contribution >= 0.6 is 0 Å². The fraction of sp³-hybridized carbons (Fsp3) is 0.213. The van der Waals surface area contributed by atoms with Gasteiger partial charge in [-0.1, -0.05) is 98.8 Å². The molecule has 0 saturated heterocycles. The molecule has 2 aliphatic rings. The molecule has 4 heterocycles. The number of methoxy groups -OCH3 is 2. The molecule has 2 unspecified atom stereocenters. The quantitative estimate of drug-likeness (QED) is 0.0813. The molecular formula is C61H54F2N6O12. The highest BCUT2D eigenvalue weighted by Gasteiger charge is 2.40. The Bertz CT molecular complexity index is 3640. The summed E-state index contributed by atoms with van der Waals surface area (Å²) in [5.74, 6) is -3.08. The van der Waals surface area contributed by atoms with Gasteiger partial charge in [0, 0.05) is 47.4 Å². The van der Waals surface area contributed by atoms with Crippen molar-refractivity contribution in [1.29, 1.82) is 0 Å². The molecule has 10 rings (SSSR count). The molecule has 0 fully saturated rings. The van der Waals surface area contributed by atoms with Crippen LogP contribution in [-0.2, 0) is 45.2 Å². The molecule has 20 heteroatoms. The van der Waals surface area contributed by atoms with Crippen molar-refractivity contribution >= 4 is 57.7 Å². The Morgan fingerprint density at radius 1 is 0.580 bits per heavy atom. The number of nitrogens with one attached hydrogen (secondary N) is 2. The van der Waals surface area contributed by atoms with E-state index in [1.807, 2.05) is 60.7 Å². The molecule has 0 saturated carbocycles. The SMILES string of the molecule is COC(=O)C(C)NC(=O)Oc1c2c(c(O)c3ncccc13)C(=O)N(Cc1ccc(F)cc1)C2.COC(=O)C(NC(=O)Oc1c2c(c(OC(c3ccccc3)c3ccccc3)c3ncccc13)C(=O)N(Cc1ccc(F)cc1)C2)C(C)C. The Hall–Kier alpha value is -9.98. The molecule has 2 aliphatic heterocycles. The first-order valence-electron chi connectivity index (χ1n) is 25.6. The number of amides is 4. The van der Waals surface area contributed by atoms with E-state index < -0.39 is 54.0 Å². The number of benzene rings is 6. The first-order chi connectivity index (χ1) is 39.0. The van der Waals surface area contributed by atoms with E-state index in [0.717, 1.165) is 11.1 Å². The molecule has 18 nitrogen and oxygen atoms in total. The largest absolute Gasteiger partial charge is 0.505 e. The Balaban J connectivity index is 0.000000210. The van der Waals surface area contributed by atoms with Crippen LogP contribution in [0.2, 0.25) is 0 Å². The molecule has 4 amide bonds. The number of halogens is 2. The van der Waals surface area contributed by atoms with Gasteiger partial charge >= 0.3 is 24.1 Å². The minimum atomic E-state index is -0.964. The number of ether oxygens (including phenoxy) is 5. The van der Waals surface area contributed by atoms with Crippen LogP contribution in [0.25, 0.3) is 21.8 Å². The van der Waals surface area contributed by atoms with E-state index in [9.17, 15) is 42.7 Å². The first kappa shape index (κ1) is 55.8. The van der Waals surface area contributed by atoms with Crippen molar-refractivity contribution in [3.8, 4) is 23.0 Å². The number of carbonyl (C=O) groups excluding carboxylic acids is 6. The van der Waals surface area contributed by atoms with Crippen LogP contribution in [0.3, 0.4) is 0 Å². The van der Waals surface area contributed by atoms with Crippen LogP contribution in [0.5, 0.6) is 23.0 Å². The molecule has 81 heavy (non-hydrogen) atoms. The van der Waals surface area contributed by atoms with Crippen molar-refractivity contribution < 1.29 is 66.3 Å². The van der Waals surface area contributed by atoms with Crippen LogP contribution in [0.1, 0.15) is 81.0 Å². The molecule has 2 aromatic heterocycles. The van der Waals surface area contributed by atoms with Gasteiger partial charge in [0.25, 0.3) is 11.8 Å². The van der Waals surface area contributed by atoms with Gasteiger partial charge in [-0.15, -0.1) is 0 Å². The number of carbonyl (C=O) groups is 6. The van der Waals surface area contributed by atoms with E-state index in [1.165, 1.54) is 56.5 Å². The normalized spacial score (nSPS) is 13.2. The number of fused-ring (bicyclic) bond motifs is 4. The number of pyridine rings is 2. The second-order valence-electron chi connectivity index (χ2n) is 19.3. The number of hydrogen-bond acceptors (Lipinski definition) is 14.